The maximum Gasteiger partial charge on any atom is 0.307 e. The molecule has 0 aromatic heterocycles. The van der Waals surface area contributed by atoms with Crippen molar-refractivity contribution in [2.75, 3.05) is 0 Å². The van der Waals surface area contributed by atoms with Crippen molar-refractivity contribution in [2.45, 2.75) is 57.2 Å². The molecule has 0 spiro atoms. The third-order valence-corrected chi connectivity index (χ3v) is 5.53. The molecule has 0 radical (unpaired) electrons. The molecule has 0 aliphatic heterocycles. The molecule has 1 fully saturated rings. The van der Waals surface area contributed by atoms with Crippen LogP contribution in [0.1, 0.15) is 46.0 Å². The van der Waals surface area contributed by atoms with E-state index in [-0.39, 0.29) is 5.25 Å². The van der Waals surface area contributed by atoms with Crippen molar-refractivity contribution >= 4 is 16.0 Å². The highest BCUT2D eigenvalue weighted by atomic mass is 32.2. The van der Waals surface area contributed by atoms with Crippen LogP contribution in [-0.2, 0) is 14.8 Å². The number of carboxylic acids is 1. The summed E-state index contributed by atoms with van der Waals surface area (Å²) in [5.74, 6) is -1.70. The number of carboxylic acid groups (broad SMARTS) is 1. The molecule has 0 heterocycles. The zero-order valence-corrected chi connectivity index (χ0v) is 11.2. The van der Waals surface area contributed by atoms with Gasteiger partial charge < -0.3 is 5.11 Å². The van der Waals surface area contributed by atoms with Crippen LogP contribution in [0.4, 0.5) is 0 Å². The maximum absolute atomic E-state index is 12.0. The summed E-state index contributed by atoms with van der Waals surface area (Å²) in [5.41, 5.74) is 0. The van der Waals surface area contributed by atoms with Gasteiger partial charge in [-0.05, 0) is 19.8 Å². The van der Waals surface area contributed by atoms with Crippen molar-refractivity contribution in [3.8, 4) is 0 Å². The third kappa shape index (κ3) is 3.96. The topological polar surface area (TPSA) is 83.5 Å². The van der Waals surface area contributed by atoms with Gasteiger partial charge in [-0.1, -0.05) is 26.2 Å². The van der Waals surface area contributed by atoms with Gasteiger partial charge in [-0.3, -0.25) is 4.79 Å². The van der Waals surface area contributed by atoms with Crippen molar-refractivity contribution in [1.29, 1.82) is 0 Å². The SMILES string of the molecule is CC(NS(=O)(=O)C1CCCCC1)C(C)C(=O)O. The maximum atomic E-state index is 12.0. The first-order valence-electron chi connectivity index (χ1n) is 6.08. The van der Waals surface area contributed by atoms with E-state index < -0.39 is 28.0 Å². The first kappa shape index (κ1) is 14.4. The summed E-state index contributed by atoms with van der Waals surface area (Å²) in [5, 5.41) is 8.48. The Hall–Kier alpha value is -0.620. The summed E-state index contributed by atoms with van der Waals surface area (Å²) in [7, 11) is -3.37. The second-order valence-corrected chi connectivity index (χ2v) is 6.83. The lowest BCUT2D eigenvalue weighted by molar-refractivity contribution is -0.141. The normalized spacial score (nSPS) is 22.0. The molecule has 2 unspecified atom stereocenters. The lowest BCUT2D eigenvalue weighted by Gasteiger charge is -2.25. The average Bonchev–Trinajstić information content (AvgIpc) is 2.28. The molecule has 100 valence electrons. The van der Waals surface area contributed by atoms with Gasteiger partial charge in [0, 0.05) is 6.04 Å². The van der Waals surface area contributed by atoms with E-state index in [0.717, 1.165) is 19.3 Å². The van der Waals surface area contributed by atoms with Crippen LogP contribution in [0.15, 0.2) is 0 Å². The number of carbonyl (C=O) groups is 1. The van der Waals surface area contributed by atoms with Crippen molar-refractivity contribution < 1.29 is 18.3 Å². The van der Waals surface area contributed by atoms with E-state index in [9.17, 15) is 13.2 Å². The van der Waals surface area contributed by atoms with Gasteiger partial charge in [-0.15, -0.1) is 0 Å². The van der Waals surface area contributed by atoms with Gasteiger partial charge in [-0.25, -0.2) is 13.1 Å². The quantitative estimate of drug-likeness (QED) is 0.784. The smallest absolute Gasteiger partial charge is 0.307 e. The zero-order valence-electron chi connectivity index (χ0n) is 10.3. The fraction of sp³-hybridized carbons (Fsp3) is 0.909. The van der Waals surface area contributed by atoms with Gasteiger partial charge in [0.25, 0.3) is 0 Å². The largest absolute Gasteiger partial charge is 0.481 e. The Morgan fingerprint density at radius 2 is 1.76 bits per heavy atom. The summed E-state index contributed by atoms with van der Waals surface area (Å²) in [4.78, 5) is 10.8. The first-order chi connectivity index (χ1) is 7.84. The van der Waals surface area contributed by atoms with Gasteiger partial charge in [0.05, 0.1) is 11.2 Å². The van der Waals surface area contributed by atoms with Crippen LogP contribution >= 0.6 is 0 Å². The minimum absolute atomic E-state index is 0.348. The predicted molar refractivity (Wildman–Crippen MR) is 65.2 cm³/mol. The molecule has 0 aromatic carbocycles. The van der Waals surface area contributed by atoms with E-state index >= 15 is 0 Å². The Labute approximate surface area is 103 Å². The predicted octanol–water partition coefficient (Wildman–Crippen LogP) is 1.35. The molecule has 6 heteroatoms. The number of hydrogen-bond donors (Lipinski definition) is 2. The third-order valence-electron chi connectivity index (χ3n) is 3.48. The molecule has 2 N–H and O–H groups in total. The highest BCUT2D eigenvalue weighted by Crippen LogP contribution is 2.23. The van der Waals surface area contributed by atoms with Gasteiger partial charge in [0.15, 0.2) is 0 Å². The second kappa shape index (κ2) is 5.82. The Morgan fingerprint density at radius 1 is 1.24 bits per heavy atom. The fourth-order valence-electron chi connectivity index (χ4n) is 2.05. The van der Waals surface area contributed by atoms with Crippen LogP contribution in [0.2, 0.25) is 0 Å². The number of rotatable bonds is 5. The molecular formula is C11H21NO4S. The van der Waals surface area contributed by atoms with Gasteiger partial charge in [0.2, 0.25) is 10.0 Å². The van der Waals surface area contributed by atoms with E-state index in [1.165, 1.54) is 6.92 Å². The molecular weight excluding hydrogens is 242 g/mol. The zero-order chi connectivity index (χ0) is 13.1. The molecule has 2 atom stereocenters. The fourth-order valence-corrected chi connectivity index (χ4v) is 3.92. The summed E-state index contributed by atoms with van der Waals surface area (Å²) in [6.45, 7) is 3.11. The van der Waals surface area contributed by atoms with Crippen LogP contribution < -0.4 is 4.72 Å². The standard InChI is InChI=1S/C11H21NO4S/c1-8(11(13)14)9(2)12-17(15,16)10-6-4-3-5-7-10/h8-10,12H,3-7H2,1-2H3,(H,13,14). The molecule has 0 aromatic rings. The molecule has 1 aliphatic rings. The molecule has 5 nitrogen and oxygen atoms in total. The van der Waals surface area contributed by atoms with Gasteiger partial charge in [-0.2, -0.15) is 0 Å². The number of nitrogens with one attached hydrogen (secondary N) is 1. The number of hydrogen-bond acceptors (Lipinski definition) is 3. The number of aliphatic carboxylic acids is 1. The molecule has 1 saturated carbocycles. The minimum Gasteiger partial charge on any atom is -0.481 e. The van der Waals surface area contributed by atoms with E-state index in [4.69, 9.17) is 5.11 Å². The molecule has 0 amide bonds. The first-order valence-corrected chi connectivity index (χ1v) is 7.63. The Bertz CT molecular complexity index is 360. The highest BCUT2D eigenvalue weighted by molar-refractivity contribution is 7.90. The summed E-state index contributed by atoms with van der Waals surface area (Å²) < 4.78 is 26.5. The Balaban J connectivity index is 2.62. The Kier molecular flexibility index (Phi) is 4.94. The molecule has 1 rings (SSSR count). The van der Waals surface area contributed by atoms with Crippen molar-refractivity contribution in [1.82, 2.24) is 4.72 Å². The lowest BCUT2D eigenvalue weighted by Crippen LogP contribution is -2.44. The average molecular weight is 263 g/mol. The molecule has 17 heavy (non-hydrogen) atoms. The monoisotopic (exact) mass is 263 g/mol. The van der Waals surface area contributed by atoms with Crippen LogP contribution in [0, 0.1) is 5.92 Å². The number of sulfonamides is 1. The van der Waals surface area contributed by atoms with E-state index in [1.807, 2.05) is 0 Å². The summed E-state index contributed by atoms with van der Waals surface area (Å²) in [6.07, 6.45) is 4.34. The van der Waals surface area contributed by atoms with E-state index in [0.29, 0.717) is 12.8 Å². The molecule has 1 aliphatic carbocycles. The summed E-state index contributed by atoms with van der Waals surface area (Å²) in [6, 6.07) is -0.570. The van der Waals surface area contributed by atoms with Crippen LogP contribution in [-0.4, -0.2) is 30.8 Å². The van der Waals surface area contributed by atoms with Crippen LogP contribution in [0.3, 0.4) is 0 Å². The van der Waals surface area contributed by atoms with Gasteiger partial charge in [0.1, 0.15) is 0 Å². The van der Waals surface area contributed by atoms with Crippen molar-refractivity contribution in [2.24, 2.45) is 5.92 Å². The second-order valence-electron chi connectivity index (χ2n) is 4.84. The lowest BCUT2D eigenvalue weighted by atomic mass is 10.0. The van der Waals surface area contributed by atoms with E-state index in [2.05, 4.69) is 4.72 Å². The molecule has 0 bridgehead atoms. The van der Waals surface area contributed by atoms with Crippen LogP contribution in [0.25, 0.3) is 0 Å². The molecule has 0 saturated heterocycles. The van der Waals surface area contributed by atoms with Crippen molar-refractivity contribution in [3.05, 3.63) is 0 Å². The summed E-state index contributed by atoms with van der Waals surface area (Å²) >= 11 is 0. The van der Waals surface area contributed by atoms with Gasteiger partial charge >= 0.3 is 5.97 Å². The van der Waals surface area contributed by atoms with Crippen molar-refractivity contribution in [3.63, 3.8) is 0 Å². The van der Waals surface area contributed by atoms with Crippen LogP contribution in [0.5, 0.6) is 0 Å². The Morgan fingerprint density at radius 3 is 2.24 bits per heavy atom. The highest BCUT2D eigenvalue weighted by Gasteiger charge is 2.31. The minimum atomic E-state index is -3.37. The van der Waals surface area contributed by atoms with E-state index in [1.54, 1.807) is 6.92 Å².